The summed E-state index contributed by atoms with van der Waals surface area (Å²) in [4.78, 5) is 0. The third kappa shape index (κ3) is 6.68. The van der Waals surface area contributed by atoms with Gasteiger partial charge in [-0.15, -0.1) is 0 Å². The van der Waals surface area contributed by atoms with E-state index < -0.39 is 14.4 Å². The van der Waals surface area contributed by atoms with Crippen molar-refractivity contribution in [1.82, 2.24) is 0 Å². The molecule has 0 spiro atoms. The average Bonchev–Trinajstić information content (AvgIpc) is 2.51. The maximum absolute atomic E-state index is 10.9. The molecule has 0 fully saturated rings. The van der Waals surface area contributed by atoms with Gasteiger partial charge in [0.05, 0.1) is 12.2 Å². The SMILES string of the molecule is C=C(Cc1ccccc1)C[C@@H](O)[C@@H](C)[C@@H](O[Si](C)(C)C(C)(C)C)C(C)C. The van der Waals surface area contributed by atoms with Crippen molar-refractivity contribution in [2.45, 2.75) is 84.7 Å². The third-order valence-corrected chi connectivity index (χ3v) is 10.3. The average molecular weight is 377 g/mol. The third-order valence-electron chi connectivity index (χ3n) is 5.81. The molecule has 26 heavy (non-hydrogen) atoms. The van der Waals surface area contributed by atoms with Gasteiger partial charge in [-0.05, 0) is 42.5 Å². The minimum absolute atomic E-state index is 0.0652. The topological polar surface area (TPSA) is 29.5 Å². The second-order valence-corrected chi connectivity index (χ2v) is 14.4. The molecule has 0 amide bonds. The van der Waals surface area contributed by atoms with Crippen molar-refractivity contribution in [1.29, 1.82) is 0 Å². The van der Waals surface area contributed by atoms with Crippen molar-refractivity contribution >= 4 is 8.32 Å². The number of aliphatic hydroxyl groups excluding tert-OH is 1. The van der Waals surface area contributed by atoms with Gasteiger partial charge >= 0.3 is 0 Å². The summed E-state index contributed by atoms with van der Waals surface area (Å²) in [5.41, 5.74) is 2.32. The molecule has 3 heteroatoms. The van der Waals surface area contributed by atoms with Gasteiger partial charge in [-0.2, -0.15) is 0 Å². The van der Waals surface area contributed by atoms with Crippen LogP contribution in [0.4, 0.5) is 0 Å². The van der Waals surface area contributed by atoms with Crippen molar-refractivity contribution in [3.63, 3.8) is 0 Å². The summed E-state index contributed by atoms with van der Waals surface area (Å²) in [7, 11) is -1.87. The molecule has 0 unspecified atom stereocenters. The van der Waals surface area contributed by atoms with Crippen LogP contribution in [0.1, 0.15) is 53.5 Å². The van der Waals surface area contributed by atoms with Crippen molar-refractivity contribution in [2.75, 3.05) is 0 Å². The van der Waals surface area contributed by atoms with Crippen LogP contribution >= 0.6 is 0 Å². The highest BCUT2D eigenvalue weighted by atomic mass is 28.4. The molecular formula is C23H40O2Si. The molecule has 1 aromatic carbocycles. The zero-order chi connectivity index (χ0) is 20.1. The molecule has 1 N–H and O–H groups in total. The molecule has 3 atom stereocenters. The molecule has 0 heterocycles. The van der Waals surface area contributed by atoms with Crippen LogP contribution in [-0.2, 0) is 10.8 Å². The Balaban J connectivity index is 2.75. The van der Waals surface area contributed by atoms with Gasteiger partial charge < -0.3 is 9.53 Å². The number of benzene rings is 1. The van der Waals surface area contributed by atoms with Gasteiger partial charge in [0.15, 0.2) is 8.32 Å². The van der Waals surface area contributed by atoms with E-state index in [4.69, 9.17) is 4.43 Å². The van der Waals surface area contributed by atoms with Gasteiger partial charge in [0.25, 0.3) is 0 Å². The van der Waals surface area contributed by atoms with Gasteiger partial charge in [0.1, 0.15) is 0 Å². The van der Waals surface area contributed by atoms with Crippen LogP contribution in [0.2, 0.25) is 18.1 Å². The molecular weight excluding hydrogens is 336 g/mol. The van der Waals surface area contributed by atoms with E-state index in [1.807, 2.05) is 18.2 Å². The first-order valence-electron chi connectivity index (χ1n) is 9.91. The fourth-order valence-corrected chi connectivity index (χ4v) is 4.55. The van der Waals surface area contributed by atoms with E-state index in [1.165, 1.54) is 5.56 Å². The first kappa shape index (κ1) is 23.1. The summed E-state index contributed by atoms with van der Waals surface area (Å²) in [5, 5.41) is 11.0. The summed E-state index contributed by atoms with van der Waals surface area (Å²) >= 11 is 0. The normalized spacial score (nSPS) is 16.4. The number of hydrogen-bond donors (Lipinski definition) is 1. The maximum atomic E-state index is 10.9. The fraction of sp³-hybridized carbons (Fsp3) is 0.652. The summed E-state index contributed by atoms with van der Waals surface area (Å²) in [5.74, 6) is 0.452. The first-order chi connectivity index (χ1) is 11.8. The molecule has 0 saturated carbocycles. The van der Waals surface area contributed by atoms with E-state index in [0.29, 0.717) is 12.3 Å². The predicted octanol–water partition coefficient (Wildman–Crippen LogP) is 6.22. The standard InChI is InChI=1S/C23H40O2Si/c1-17(2)22(25-26(8,9)23(5,6)7)19(4)21(24)16-18(3)15-20-13-11-10-12-14-20/h10-14,17,19,21-22,24H,3,15-16H2,1-2,4-9H3/t19-,21-,22+/m1/s1. The smallest absolute Gasteiger partial charge is 0.192 e. The molecule has 0 bridgehead atoms. The summed E-state index contributed by atoms with van der Waals surface area (Å²) in [6.07, 6.45) is 1.08. The van der Waals surface area contributed by atoms with Crippen LogP contribution in [-0.4, -0.2) is 25.6 Å². The largest absolute Gasteiger partial charge is 0.413 e. The molecule has 148 valence electrons. The molecule has 0 radical (unpaired) electrons. The Labute approximate surface area is 162 Å². The van der Waals surface area contributed by atoms with Gasteiger partial charge in [-0.25, -0.2) is 0 Å². The Hall–Kier alpha value is -0.903. The van der Waals surface area contributed by atoms with Crippen molar-refractivity contribution in [3.8, 4) is 0 Å². The van der Waals surface area contributed by atoms with Crippen molar-refractivity contribution in [3.05, 3.63) is 48.0 Å². The Morgan fingerprint density at radius 3 is 2.12 bits per heavy atom. The lowest BCUT2D eigenvalue weighted by Gasteiger charge is -2.43. The van der Waals surface area contributed by atoms with E-state index in [9.17, 15) is 5.11 Å². The van der Waals surface area contributed by atoms with E-state index in [0.717, 1.165) is 12.0 Å². The fourth-order valence-electron chi connectivity index (χ4n) is 3.02. The Morgan fingerprint density at radius 2 is 1.65 bits per heavy atom. The van der Waals surface area contributed by atoms with Gasteiger partial charge in [-0.3, -0.25) is 0 Å². The van der Waals surface area contributed by atoms with Gasteiger partial charge in [-0.1, -0.05) is 84.0 Å². The zero-order valence-electron chi connectivity index (χ0n) is 18.2. The minimum atomic E-state index is -1.87. The number of aliphatic hydroxyl groups is 1. The van der Waals surface area contributed by atoms with Gasteiger partial charge in [0, 0.05) is 5.92 Å². The van der Waals surface area contributed by atoms with Crippen LogP contribution in [0.25, 0.3) is 0 Å². The Kier molecular flexibility index (Phi) is 8.31. The van der Waals surface area contributed by atoms with E-state index in [1.54, 1.807) is 0 Å². The molecule has 1 aromatic rings. The second kappa shape index (κ2) is 9.34. The van der Waals surface area contributed by atoms with Crippen LogP contribution in [0.15, 0.2) is 42.5 Å². The lowest BCUT2D eigenvalue weighted by atomic mass is 9.87. The summed E-state index contributed by atoms with van der Waals surface area (Å²) in [6.45, 7) is 22.1. The summed E-state index contributed by atoms with van der Waals surface area (Å²) in [6, 6.07) is 10.3. The maximum Gasteiger partial charge on any atom is 0.192 e. The molecule has 0 saturated heterocycles. The molecule has 0 aliphatic heterocycles. The minimum Gasteiger partial charge on any atom is -0.413 e. The molecule has 0 aliphatic carbocycles. The molecule has 1 rings (SSSR count). The van der Waals surface area contributed by atoms with E-state index in [2.05, 4.69) is 73.3 Å². The summed E-state index contributed by atoms with van der Waals surface area (Å²) < 4.78 is 6.70. The zero-order valence-corrected chi connectivity index (χ0v) is 19.2. The highest BCUT2D eigenvalue weighted by Crippen LogP contribution is 2.39. The highest BCUT2D eigenvalue weighted by Gasteiger charge is 2.41. The second-order valence-electron chi connectivity index (χ2n) is 9.63. The van der Waals surface area contributed by atoms with Crippen LogP contribution in [0, 0.1) is 11.8 Å². The lowest BCUT2D eigenvalue weighted by molar-refractivity contribution is 0.00562. The van der Waals surface area contributed by atoms with Crippen LogP contribution < -0.4 is 0 Å². The van der Waals surface area contributed by atoms with E-state index >= 15 is 0 Å². The molecule has 0 aromatic heterocycles. The van der Waals surface area contributed by atoms with E-state index in [-0.39, 0.29) is 17.1 Å². The van der Waals surface area contributed by atoms with Crippen molar-refractivity contribution < 1.29 is 9.53 Å². The first-order valence-corrected chi connectivity index (χ1v) is 12.8. The predicted molar refractivity (Wildman–Crippen MR) is 116 cm³/mol. The van der Waals surface area contributed by atoms with Gasteiger partial charge in [0.2, 0.25) is 0 Å². The lowest BCUT2D eigenvalue weighted by Crippen LogP contribution is -2.48. The number of hydrogen-bond acceptors (Lipinski definition) is 2. The molecule has 2 nitrogen and oxygen atoms in total. The van der Waals surface area contributed by atoms with Crippen LogP contribution in [0.5, 0.6) is 0 Å². The van der Waals surface area contributed by atoms with Crippen LogP contribution in [0.3, 0.4) is 0 Å². The quantitative estimate of drug-likeness (QED) is 0.409. The monoisotopic (exact) mass is 376 g/mol. The Morgan fingerprint density at radius 1 is 1.12 bits per heavy atom. The van der Waals surface area contributed by atoms with Crippen molar-refractivity contribution in [2.24, 2.45) is 11.8 Å². The highest BCUT2D eigenvalue weighted by molar-refractivity contribution is 6.74. The number of rotatable bonds is 9. The Bertz CT molecular complexity index is 557. The molecule has 0 aliphatic rings.